The molecule has 0 spiro atoms. The quantitative estimate of drug-likeness (QED) is 0.590. The number of rotatable bonds is 2. The molecule has 0 aromatic carbocycles. The van der Waals surface area contributed by atoms with Gasteiger partial charge in [0.15, 0.2) is 0 Å². The summed E-state index contributed by atoms with van der Waals surface area (Å²) in [5.41, 5.74) is 0. The summed E-state index contributed by atoms with van der Waals surface area (Å²) in [5.74, 6) is 0.907. The summed E-state index contributed by atoms with van der Waals surface area (Å²) >= 11 is 0. The fourth-order valence-electron chi connectivity index (χ4n) is 1.88. The topological polar surface area (TPSA) is 3.24 Å². The molecule has 1 atom stereocenters. The first-order chi connectivity index (χ1) is 5.33. The van der Waals surface area contributed by atoms with E-state index in [4.69, 9.17) is 0 Å². The van der Waals surface area contributed by atoms with Crippen LogP contribution in [0.3, 0.4) is 0 Å². The van der Waals surface area contributed by atoms with Crippen molar-refractivity contribution in [3.63, 3.8) is 0 Å². The van der Waals surface area contributed by atoms with Crippen molar-refractivity contribution in [2.75, 3.05) is 19.6 Å². The maximum Gasteiger partial charge on any atom is 0.000702 e. The van der Waals surface area contributed by atoms with Gasteiger partial charge in [0, 0.05) is 6.54 Å². The Morgan fingerprint density at radius 2 is 2.27 bits per heavy atom. The average Bonchev–Trinajstić information content (AvgIpc) is 2.15. The number of hydrogen-bond donors (Lipinski definition) is 0. The van der Waals surface area contributed by atoms with Crippen LogP contribution in [0.1, 0.15) is 32.6 Å². The first kappa shape index (κ1) is 9.05. The van der Waals surface area contributed by atoms with Crippen molar-refractivity contribution in [2.45, 2.75) is 32.6 Å². The Hall–Kier alpha value is -0.0400. The van der Waals surface area contributed by atoms with E-state index in [-0.39, 0.29) is 0 Å². The Balaban J connectivity index is 2.27. The fourth-order valence-corrected chi connectivity index (χ4v) is 1.88. The van der Waals surface area contributed by atoms with E-state index < -0.39 is 0 Å². The van der Waals surface area contributed by atoms with Gasteiger partial charge in [-0.2, -0.15) is 0 Å². The highest BCUT2D eigenvalue weighted by molar-refractivity contribution is 4.68. The molecule has 0 bridgehead atoms. The lowest BCUT2D eigenvalue weighted by molar-refractivity contribution is 0.260. The zero-order valence-electron chi connectivity index (χ0n) is 7.68. The van der Waals surface area contributed by atoms with Gasteiger partial charge in [-0.25, -0.2) is 0 Å². The smallest absolute Gasteiger partial charge is 0.000702 e. The van der Waals surface area contributed by atoms with Crippen molar-refractivity contribution in [2.24, 2.45) is 5.92 Å². The molecule has 1 heteroatoms. The van der Waals surface area contributed by atoms with Gasteiger partial charge in [-0.1, -0.05) is 20.3 Å². The van der Waals surface area contributed by atoms with E-state index >= 15 is 0 Å². The van der Waals surface area contributed by atoms with Crippen LogP contribution < -0.4 is 0 Å². The van der Waals surface area contributed by atoms with Crippen LogP contribution in [-0.4, -0.2) is 24.5 Å². The summed E-state index contributed by atoms with van der Waals surface area (Å²) in [6.45, 7) is 10.1. The number of hydrogen-bond acceptors (Lipinski definition) is 1. The third-order valence-corrected chi connectivity index (χ3v) is 2.47. The van der Waals surface area contributed by atoms with Crippen molar-refractivity contribution in [3.05, 3.63) is 6.92 Å². The van der Waals surface area contributed by atoms with E-state index in [2.05, 4.69) is 18.7 Å². The summed E-state index contributed by atoms with van der Waals surface area (Å²) in [4.78, 5) is 2.56. The molecule has 1 saturated heterocycles. The van der Waals surface area contributed by atoms with E-state index in [1.54, 1.807) is 0 Å². The maximum atomic E-state index is 3.89. The second-order valence-electron chi connectivity index (χ2n) is 3.76. The lowest BCUT2D eigenvalue weighted by Gasteiger charge is -2.21. The summed E-state index contributed by atoms with van der Waals surface area (Å²) < 4.78 is 0. The monoisotopic (exact) mass is 154 g/mol. The third-order valence-electron chi connectivity index (χ3n) is 2.47. The SMILES string of the molecule is [CH2]CCN1CCCC[C@@H](C)C1. The Bertz CT molecular complexity index is 101. The van der Waals surface area contributed by atoms with Crippen molar-refractivity contribution in [1.82, 2.24) is 4.90 Å². The summed E-state index contributed by atoms with van der Waals surface area (Å²) in [6, 6.07) is 0. The van der Waals surface area contributed by atoms with Crippen LogP contribution in [0.4, 0.5) is 0 Å². The predicted octanol–water partition coefficient (Wildman–Crippen LogP) is 2.33. The molecule has 0 saturated carbocycles. The summed E-state index contributed by atoms with van der Waals surface area (Å²) in [7, 11) is 0. The molecule has 11 heavy (non-hydrogen) atoms. The second kappa shape index (κ2) is 4.76. The molecule has 1 rings (SSSR count). The van der Waals surface area contributed by atoms with Gasteiger partial charge in [0.2, 0.25) is 0 Å². The molecular weight excluding hydrogens is 134 g/mol. The van der Waals surface area contributed by atoms with Crippen molar-refractivity contribution < 1.29 is 0 Å². The standard InChI is InChI=1S/C10H20N/c1-3-7-11-8-5-4-6-10(2)9-11/h10H,1,3-9H2,2H3/t10-/m1/s1. The van der Waals surface area contributed by atoms with E-state index in [0.29, 0.717) is 0 Å². The number of nitrogens with zero attached hydrogens (tertiary/aromatic N) is 1. The molecule has 1 aliphatic rings. The van der Waals surface area contributed by atoms with E-state index in [1.165, 1.54) is 38.9 Å². The highest BCUT2D eigenvalue weighted by atomic mass is 15.1. The first-order valence-corrected chi connectivity index (χ1v) is 4.84. The molecule has 0 aliphatic carbocycles. The van der Waals surface area contributed by atoms with Gasteiger partial charge in [0.05, 0.1) is 0 Å². The van der Waals surface area contributed by atoms with Crippen molar-refractivity contribution >= 4 is 0 Å². The zero-order chi connectivity index (χ0) is 8.10. The third kappa shape index (κ3) is 3.24. The van der Waals surface area contributed by atoms with Crippen molar-refractivity contribution in [1.29, 1.82) is 0 Å². The molecule has 0 aromatic heterocycles. The second-order valence-corrected chi connectivity index (χ2v) is 3.76. The lowest BCUT2D eigenvalue weighted by atomic mass is 10.1. The lowest BCUT2D eigenvalue weighted by Crippen LogP contribution is -2.28. The van der Waals surface area contributed by atoms with Gasteiger partial charge in [-0.15, -0.1) is 0 Å². The minimum atomic E-state index is 0.907. The molecule has 1 heterocycles. The normalized spacial score (nSPS) is 28.4. The minimum absolute atomic E-state index is 0.907. The van der Waals surface area contributed by atoms with Gasteiger partial charge in [0.25, 0.3) is 0 Å². The van der Waals surface area contributed by atoms with Crippen LogP contribution in [0.5, 0.6) is 0 Å². The van der Waals surface area contributed by atoms with E-state index in [9.17, 15) is 0 Å². The van der Waals surface area contributed by atoms with Gasteiger partial charge >= 0.3 is 0 Å². The molecule has 65 valence electrons. The van der Waals surface area contributed by atoms with Gasteiger partial charge in [-0.3, -0.25) is 0 Å². The zero-order valence-corrected chi connectivity index (χ0v) is 7.68. The summed E-state index contributed by atoms with van der Waals surface area (Å²) in [6.07, 6.45) is 5.31. The molecule has 0 amide bonds. The largest absolute Gasteiger partial charge is 0.303 e. The first-order valence-electron chi connectivity index (χ1n) is 4.84. The number of likely N-dealkylation sites (tertiary alicyclic amines) is 1. The minimum Gasteiger partial charge on any atom is -0.303 e. The molecular formula is C10H20N. The molecule has 0 N–H and O–H groups in total. The summed E-state index contributed by atoms with van der Waals surface area (Å²) in [5, 5.41) is 0. The van der Waals surface area contributed by atoms with Crippen molar-refractivity contribution in [3.8, 4) is 0 Å². The van der Waals surface area contributed by atoms with Gasteiger partial charge in [-0.05, 0) is 38.3 Å². The fraction of sp³-hybridized carbons (Fsp3) is 0.900. The highest BCUT2D eigenvalue weighted by Gasteiger charge is 2.12. The highest BCUT2D eigenvalue weighted by Crippen LogP contribution is 2.15. The Labute approximate surface area is 70.8 Å². The predicted molar refractivity (Wildman–Crippen MR) is 49.4 cm³/mol. The molecule has 1 aliphatic heterocycles. The van der Waals surface area contributed by atoms with E-state index in [1.807, 2.05) is 0 Å². The van der Waals surface area contributed by atoms with Gasteiger partial charge in [0.1, 0.15) is 0 Å². The van der Waals surface area contributed by atoms with Crippen LogP contribution in [-0.2, 0) is 0 Å². The maximum absolute atomic E-state index is 3.89. The van der Waals surface area contributed by atoms with Crippen LogP contribution in [0.2, 0.25) is 0 Å². The Kier molecular flexibility index (Phi) is 3.92. The molecule has 1 radical (unpaired) electrons. The molecule has 1 nitrogen and oxygen atoms in total. The Morgan fingerprint density at radius 1 is 1.45 bits per heavy atom. The van der Waals surface area contributed by atoms with Crippen LogP contribution in [0.25, 0.3) is 0 Å². The van der Waals surface area contributed by atoms with Crippen LogP contribution >= 0.6 is 0 Å². The average molecular weight is 154 g/mol. The molecule has 0 unspecified atom stereocenters. The van der Waals surface area contributed by atoms with Crippen LogP contribution in [0, 0.1) is 12.8 Å². The Morgan fingerprint density at radius 3 is 3.00 bits per heavy atom. The van der Waals surface area contributed by atoms with Crippen LogP contribution in [0.15, 0.2) is 0 Å². The van der Waals surface area contributed by atoms with E-state index in [0.717, 1.165) is 12.3 Å². The van der Waals surface area contributed by atoms with Gasteiger partial charge < -0.3 is 4.90 Å². The molecule has 1 fully saturated rings. The molecule has 0 aromatic rings.